The van der Waals surface area contributed by atoms with Crippen LogP contribution in [0.2, 0.25) is 0 Å². The van der Waals surface area contributed by atoms with Crippen LogP contribution in [0.5, 0.6) is 0 Å². The van der Waals surface area contributed by atoms with E-state index in [0.717, 1.165) is 12.5 Å². The fraction of sp³-hybridized carbons (Fsp3) is 0.714. The Morgan fingerprint density at radius 3 is 2.62 bits per heavy atom. The van der Waals surface area contributed by atoms with Gasteiger partial charge in [-0.05, 0) is 51.4 Å². The Morgan fingerprint density at radius 2 is 2.12 bits per heavy atom. The normalized spacial score (nSPS) is 18.1. The number of hydrogen-bond acceptors (Lipinski definition) is 2. The van der Waals surface area contributed by atoms with Crippen LogP contribution in [-0.2, 0) is 0 Å². The Hall–Kier alpha value is -0.760. The second-order valence-corrected chi connectivity index (χ2v) is 4.77. The molecule has 1 unspecified atom stereocenters. The van der Waals surface area contributed by atoms with Crippen LogP contribution in [0.3, 0.4) is 0 Å². The molecule has 2 nitrogen and oxygen atoms in total. The van der Waals surface area contributed by atoms with Gasteiger partial charge in [-0.1, -0.05) is 25.5 Å². The van der Waals surface area contributed by atoms with E-state index in [1.807, 2.05) is 7.05 Å². The van der Waals surface area contributed by atoms with Gasteiger partial charge in [0.05, 0.1) is 0 Å². The maximum atomic E-state index is 3.23. The molecule has 0 saturated heterocycles. The van der Waals surface area contributed by atoms with Crippen LogP contribution in [0.4, 0.5) is 0 Å². The van der Waals surface area contributed by atoms with Crippen molar-refractivity contribution in [2.24, 2.45) is 5.92 Å². The summed E-state index contributed by atoms with van der Waals surface area (Å²) < 4.78 is 0. The minimum absolute atomic E-state index is 0.726. The summed E-state index contributed by atoms with van der Waals surface area (Å²) in [6.07, 6.45) is 8.23. The molecular weight excluding hydrogens is 196 g/mol. The Labute approximate surface area is 100 Å². The molecule has 1 atom stereocenters. The van der Waals surface area contributed by atoms with Crippen molar-refractivity contribution >= 4 is 0 Å². The SMILES string of the molecule is CCN(C)CCC(C)C1=CC=C(NC)CC1. The number of nitrogens with one attached hydrogen (secondary N) is 1. The zero-order valence-electron chi connectivity index (χ0n) is 11.2. The van der Waals surface area contributed by atoms with Crippen molar-refractivity contribution in [2.45, 2.75) is 33.1 Å². The lowest BCUT2D eigenvalue weighted by Crippen LogP contribution is -2.21. The van der Waals surface area contributed by atoms with Gasteiger partial charge in [-0.3, -0.25) is 0 Å². The highest BCUT2D eigenvalue weighted by molar-refractivity contribution is 5.24. The number of nitrogens with zero attached hydrogens (tertiary/aromatic N) is 1. The molecule has 1 N–H and O–H groups in total. The monoisotopic (exact) mass is 222 g/mol. The van der Waals surface area contributed by atoms with Crippen molar-refractivity contribution in [3.63, 3.8) is 0 Å². The second-order valence-electron chi connectivity index (χ2n) is 4.77. The van der Waals surface area contributed by atoms with Crippen LogP contribution >= 0.6 is 0 Å². The third kappa shape index (κ3) is 4.01. The molecule has 0 spiro atoms. The molecule has 1 rings (SSSR count). The second kappa shape index (κ2) is 6.74. The van der Waals surface area contributed by atoms with Gasteiger partial charge in [0.25, 0.3) is 0 Å². The van der Waals surface area contributed by atoms with E-state index in [1.54, 1.807) is 5.57 Å². The van der Waals surface area contributed by atoms with Crippen LogP contribution in [0, 0.1) is 5.92 Å². The standard InChI is InChI=1S/C14H26N2/c1-5-16(4)11-10-12(2)13-6-8-14(15-3)9-7-13/h6,8,12,15H,5,7,9-11H2,1-4H3. The highest BCUT2D eigenvalue weighted by atomic mass is 15.1. The summed E-state index contributed by atoms with van der Waals surface area (Å²) in [4.78, 5) is 2.38. The molecule has 0 aliphatic heterocycles. The fourth-order valence-corrected chi connectivity index (χ4v) is 2.03. The lowest BCUT2D eigenvalue weighted by Gasteiger charge is -2.22. The van der Waals surface area contributed by atoms with Crippen LogP contribution in [0.1, 0.15) is 33.1 Å². The van der Waals surface area contributed by atoms with E-state index < -0.39 is 0 Å². The van der Waals surface area contributed by atoms with E-state index in [9.17, 15) is 0 Å². The Bertz CT molecular complexity index is 266. The first-order chi connectivity index (χ1) is 7.67. The summed E-state index contributed by atoms with van der Waals surface area (Å²) in [5.41, 5.74) is 2.98. The van der Waals surface area contributed by atoms with E-state index >= 15 is 0 Å². The van der Waals surface area contributed by atoms with E-state index in [0.29, 0.717) is 0 Å². The number of allylic oxidation sites excluding steroid dienone is 4. The zero-order chi connectivity index (χ0) is 12.0. The first-order valence-corrected chi connectivity index (χ1v) is 6.43. The molecule has 0 fully saturated rings. The van der Waals surface area contributed by atoms with Crippen LogP contribution in [0.15, 0.2) is 23.4 Å². The molecule has 0 amide bonds. The molecular formula is C14H26N2. The van der Waals surface area contributed by atoms with E-state index in [1.165, 1.54) is 31.5 Å². The summed E-state index contributed by atoms with van der Waals surface area (Å²) in [5, 5.41) is 3.23. The molecule has 1 aliphatic rings. The van der Waals surface area contributed by atoms with Crippen LogP contribution in [0.25, 0.3) is 0 Å². The molecule has 16 heavy (non-hydrogen) atoms. The number of rotatable bonds is 6. The van der Waals surface area contributed by atoms with Gasteiger partial charge in [-0.25, -0.2) is 0 Å². The lowest BCUT2D eigenvalue weighted by atomic mass is 9.90. The van der Waals surface area contributed by atoms with Crippen LogP contribution in [-0.4, -0.2) is 32.1 Å². The van der Waals surface area contributed by atoms with Gasteiger partial charge in [0.2, 0.25) is 0 Å². The first kappa shape index (κ1) is 13.3. The third-order valence-corrected chi connectivity index (χ3v) is 3.62. The summed E-state index contributed by atoms with van der Waals surface area (Å²) in [5.74, 6) is 0.726. The largest absolute Gasteiger partial charge is 0.391 e. The van der Waals surface area contributed by atoms with Crippen molar-refractivity contribution in [1.82, 2.24) is 10.2 Å². The molecule has 1 aliphatic carbocycles. The topological polar surface area (TPSA) is 15.3 Å². The molecule has 0 bridgehead atoms. The van der Waals surface area contributed by atoms with Gasteiger partial charge >= 0.3 is 0 Å². The zero-order valence-corrected chi connectivity index (χ0v) is 11.2. The summed E-state index contributed by atoms with van der Waals surface area (Å²) in [6.45, 7) is 6.92. The van der Waals surface area contributed by atoms with E-state index in [2.05, 4.69) is 43.3 Å². The summed E-state index contributed by atoms with van der Waals surface area (Å²) >= 11 is 0. The minimum atomic E-state index is 0.726. The third-order valence-electron chi connectivity index (χ3n) is 3.62. The quantitative estimate of drug-likeness (QED) is 0.743. The minimum Gasteiger partial charge on any atom is -0.391 e. The van der Waals surface area contributed by atoms with Crippen molar-refractivity contribution in [1.29, 1.82) is 0 Å². The molecule has 0 radical (unpaired) electrons. The highest BCUT2D eigenvalue weighted by Gasteiger charge is 2.12. The van der Waals surface area contributed by atoms with Crippen molar-refractivity contribution < 1.29 is 0 Å². The smallest absolute Gasteiger partial charge is 0.0107 e. The van der Waals surface area contributed by atoms with Crippen molar-refractivity contribution in [2.75, 3.05) is 27.2 Å². The molecule has 0 heterocycles. The molecule has 0 saturated carbocycles. The van der Waals surface area contributed by atoms with Gasteiger partial charge in [0, 0.05) is 12.7 Å². The van der Waals surface area contributed by atoms with E-state index in [-0.39, 0.29) is 0 Å². The van der Waals surface area contributed by atoms with E-state index in [4.69, 9.17) is 0 Å². The summed E-state index contributed by atoms with van der Waals surface area (Å²) in [7, 11) is 4.20. The molecule has 0 aromatic carbocycles. The van der Waals surface area contributed by atoms with Gasteiger partial charge in [-0.15, -0.1) is 0 Å². The molecule has 2 heteroatoms. The number of hydrogen-bond donors (Lipinski definition) is 1. The molecule has 92 valence electrons. The van der Waals surface area contributed by atoms with Gasteiger partial charge in [0.15, 0.2) is 0 Å². The van der Waals surface area contributed by atoms with Crippen molar-refractivity contribution in [3.05, 3.63) is 23.4 Å². The van der Waals surface area contributed by atoms with Gasteiger partial charge < -0.3 is 10.2 Å². The molecule has 0 aromatic heterocycles. The summed E-state index contributed by atoms with van der Waals surface area (Å²) in [6, 6.07) is 0. The first-order valence-electron chi connectivity index (χ1n) is 6.43. The Morgan fingerprint density at radius 1 is 1.38 bits per heavy atom. The average molecular weight is 222 g/mol. The molecule has 0 aromatic rings. The maximum Gasteiger partial charge on any atom is 0.0107 e. The Balaban J connectivity index is 2.40. The fourth-order valence-electron chi connectivity index (χ4n) is 2.03. The van der Waals surface area contributed by atoms with Crippen molar-refractivity contribution in [3.8, 4) is 0 Å². The predicted molar refractivity (Wildman–Crippen MR) is 71.4 cm³/mol. The Kier molecular flexibility index (Phi) is 5.61. The van der Waals surface area contributed by atoms with Crippen LogP contribution < -0.4 is 5.32 Å². The maximum absolute atomic E-state index is 3.23. The average Bonchev–Trinajstić information content (AvgIpc) is 2.35. The van der Waals surface area contributed by atoms with Gasteiger partial charge in [0.1, 0.15) is 0 Å². The predicted octanol–water partition coefficient (Wildman–Crippen LogP) is 2.79. The highest BCUT2D eigenvalue weighted by Crippen LogP contribution is 2.25. The van der Waals surface area contributed by atoms with Gasteiger partial charge in [-0.2, -0.15) is 0 Å². The lowest BCUT2D eigenvalue weighted by molar-refractivity contribution is 0.328.